The average Bonchev–Trinajstić information content (AvgIpc) is 2.46. The molecule has 5 nitrogen and oxygen atoms in total. The molecule has 0 saturated heterocycles. The maximum Gasteiger partial charge on any atom is 0.335 e. The number of benzene rings is 1. The largest absolute Gasteiger partial charge is 0.478 e. The molecule has 5 heteroatoms. The molecule has 0 spiro atoms. The van der Waals surface area contributed by atoms with E-state index in [-0.39, 0.29) is 24.0 Å². The maximum atomic E-state index is 11.9. The van der Waals surface area contributed by atoms with E-state index in [1.807, 2.05) is 6.92 Å². The van der Waals surface area contributed by atoms with E-state index in [9.17, 15) is 9.59 Å². The molecule has 0 radical (unpaired) electrons. The smallest absolute Gasteiger partial charge is 0.335 e. The number of hydrogen-bond acceptors (Lipinski definition) is 3. The third-order valence-electron chi connectivity index (χ3n) is 3.44. The van der Waals surface area contributed by atoms with Crippen LogP contribution in [-0.4, -0.2) is 36.2 Å². The van der Waals surface area contributed by atoms with Gasteiger partial charge in [0.2, 0.25) is 5.91 Å². The zero-order valence-electron chi connectivity index (χ0n) is 13.5. The van der Waals surface area contributed by atoms with Gasteiger partial charge in [-0.2, -0.15) is 0 Å². The predicted molar refractivity (Wildman–Crippen MR) is 85.0 cm³/mol. The monoisotopic (exact) mass is 307 g/mol. The van der Waals surface area contributed by atoms with Crippen LogP contribution in [0.25, 0.3) is 0 Å². The van der Waals surface area contributed by atoms with Crippen molar-refractivity contribution in [2.75, 3.05) is 13.2 Å². The summed E-state index contributed by atoms with van der Waals surface area (Å²) in [4.78, 5) is 22.6. The first kappa shape index (κ1) is 18.2. The van der Waals surface area contributed by atoms with E-state index in [1.165, 1.54) is 12.1 Å². The van der Waals surface area contributed by atoms with Crippen molar-refractivity contribution in [2.45, 2.75) is 39.7 Å². The van der Waals surface area contributed by atoms with Crippen molar-refractivity contribution in [2.24, 2.45) is 5.92 Å². The Labute approximate surface area is 131 Å². The quantitative estimate of drug-likeness (QED) is 0.735. The van der Waals surface area contributed by atoms with Crippen LogP contribution in [-0.2, 0) is 16.0 Å². The van der Waals surface area contributed by atoms with Gasteiger partial charge in [-0.15, -0.1) is 0 Å². The average molecular weight is 307 g/mol. The second-order valence-corrected chi connectivity index (χ2v) is 5.56. The van der Waals surface area contributed by atoms with Gasteiger partial charge in [-0.25, -0.2) is 4.79 Å². The van der Waals surface area contributed by atoms with Gasteiger partial charge < -0.3 is 15.2 Å². The first-order valence-corrected chi connectivity index (χ1v) is 7.64. The molecular formula is C17H25NO4. The number of rotatable bonds is 9. The SMILES string of the molecule is CCOC(CCNC(=O)Cc1ccc(C(=O)O)cc1)C(C)C. The second kappa shape index (κ2) is 9.20. The summed E-state index contributed by atoms with van der Waals surface area (Å²) in [7, 11) is 0. The van der Waals surface area contributed by atoms with Crippen LogP contribution in [0.2, 0.25) is 0 Å². The third kappa shape index (κ3) is 6.26. The fraction of sp³-hybridized carbons (Fsp3) is 0.529. The molecule has 1 amide bonds. The third-order valence-corrected chi connectivity index (χ3v) is 3.44. The van der Waals surface area contributed by atoms with E-state index in [4.69, 9.17) is 9.84 Å². The Kier molecular flexibility index (Phi) is 7.60. The molecule has 1 unspecified atom stereocenters. The molecule has 2 N–H and O–H groups in total. The number of carbonyl (C=O) groups excluding carboxylic acids is 1. The van der Waals surface area contributed by atoms with Gasteiger partial charge >= 0.3 is 5.97 Å². The highest BCUT2D eigenvalue weighted by molar-refractivity contribution is 5.87. The first-order chi connectivity index (χ1) is 10.4. The molecule has 0 heterocycles. The van der Waals surface area contributed by atoms with Crippen LogP contribution in [0.15, 0.2) is 24.3 Å². The predicted octanol–water partition coefficient (Wildman–Crippen LogP) is 2.49. The van der Waals surface area contributed by atoms with Gasteiger partial charge in [-0.1, -0.05) is 26.0 Å². The van der Waals surface area contributed by atoms with Crippen molar-refractivity contribution in [3.8, 4) is 0 Å². The Morgan fingerprint density at radius 1 is 1.23 bits per heavy atom. The van der Waals surface area contributed by atoms with Gasteiger partial charge in [0.25, 0.3) is 0 Å². The number of aromatic carboxylic acids is 1. The van der Waals surface area contributed by atoms with E-state index < -0.39 is 5.97 Å². The number of nitrogens with one attached hydrogen (secondary N) is 1. The molecule has 0 aromatic heterocycles. The minimum absolute atomic E-state index is 0.0675. The molecule has 0 saturated carbocycles. The van der Waals surface area contributed by atoms with Gasteiger partial charge in [0.15, 0.2) is 0 Å². The number of carboxylic acids is 1. The van der Waals surface area contributed by atoms with Gasteiger partial charge in [-0.05, 0) is 37.0 Å². The molecule has 0 aliphatic heterocycles. The maximum absolute atomic E-state index is 11.9. The number of hydrogen-bond donors (Lipinski definition) is 2. The Bertz CT molecular complexity index is 482. The molecule has 122 valence electrons. The summed E-state index contributed by atoms with van der Waals surface area (Å²) < 4.78 is 5.63. The standard InChI is InChI=1S/C17H25NO4/c1-4-22-15(12(2)3)9-10-18-16(19)11-13-5-7-14(8-6-13)17(20)21/h5-8,12,15H,4,9-11H2,1-3H3,(H,18,19)(H,20,21). The van der Waals surface area contributed by atoms with Gasteiger partial charge in [0.1, 0.15) is 0 Å². The fourth-order valence-electron chi connectivity index (χ4n) is 2.19. The highest BCUT2D eigenvalue weighted by atomic mass is 16.5. The Hall–Kier alpha value is -1.88. The van der Waals surface area contributed by atoms with Crippen LogP contribution in [0.1, 0.15) is 43.1 Å². The first-order valence-electron chi connectivity index (χ1n) is 7.64. The summed E-state index contributed by atoms with van der Waals surface area (Å²) in [6.45, 7) is 7.43. The Morgan fingerprint density at radius 2 is 1.86 bits per heavy atom. The molecule has 1 rings (SSSR count). The van der Waals surface area contributed by atoms with Crippen molar-refractivity contribution in [3.05, 3.63) is 35.4 Å². The van der Waals surface area contributed by atoms with Crippen molar-refractivity contribution in [3.63, 3.8) is 0 Å². The van der Waals surface area contributed by atoms with Crippen LogP contribution >= 0.6 is 0 Å². The topological polar surface area (TPSA) is 75.6 Å². The lowest BCUT2D eigenvalue weighted by Crippen LogP contribution is -2.31. The molecular weight excluding hydrogens is 282 g/mol. The van der Waals surface area contributed by atoms with Crippen molar-refractivity contribution in [1.29, 1.82) is 0 Å². The Balaban J connectivity index is 2.38. The molecule has 0 aliphatic rings. The molecule has 0 aliphatic carbocycles. The van der Waals surface area contributed by atoms with E-state index >= 15 is 0 Å². The lowest BCUT2D eigenvalue weighted by molar-refractivity contribution is -0.120. The summed E-state index contributed by atoms with van der Waals surface area (Å²) in [5.74, 6) is -0.617. The van der Waals surface area contributed by atoms with Crippen molar-refractivity contribution < 1.29 is 19.4 Å². The fourth-order valence-corrected chi connectivity index (χ4v) is 2.19. The van der Waals surface area contributed by atoms with Crippen LogP contribution in [0.5, 0.6) is 0 Å². The van der Waals surface area contributed by atoms with E-state index in [0.29, 0.717) is 19.1 Å². The van der Waals surface area contributed by atoms with Crippen molar-refractivity contribution >= 4 is 11.9 Å². The molecule has 22 heavy (non-hydrogen) atoms. The van der Waals surface area contributed by atoms with E-state index in [2.05, 4.69) is 19.2 Å². The molecule has 1 atom stereocenters. The molecule has 0 bridgehead atoms. The van der Waals surface area contributed by atoms with Crippen molar-refractivity contribution in [1.82, 2.24) is 5.32 Å². The van der Waals surface area contributed by atoms with Gasteiger partial charge in [-0.3, -0.25) is 4.79 Å². The zero-order valence-corrected chi connectivity index (χ0v) is 13.5. The summed E-state index contributed by atoms with van der Waals surface area (Å²) in [6.07, 6.45) is 1.19. The number of amides is 1. The van der Waals surface area contributed by atoms with E-state index in [0.717, 1.165) is 12.0 Å². The van der Waals surface area contributed by atoms with Crippen LogP contribution in [0, 0.1) is 5.92 Å². The summed E-state index contributed by atoms with van der Waals surface area (Å²) >= 11 is 0. The summed E-state index contributed by atoms with van der Waals surface area (Å²) in [5.41, 5.74) is 1.02. The number of carbonyl (C=O) groups is 2. The second-order valence-electron chi connectivity index (χ2n) is 5.56. The highest BCUT2D eigenvalue weighted by Crippen LogP contribution is 2.10. The van der Waals surface area contributed by atoms with Crippen LogP contribution in [0.4, 0.5) is 0 Å². The lowest BCUT2D eigenvalue weighted by atomic mass is 10.0. The summed E-state index contributed by atoms with van der Waals surface area (Å²) in [5, 5.41) is 11.7. The minimum Gasteiger partial charge on any atom is -0.478 e. The summed E-state index contributed by atoms with van der Waals surface area (Å²) in [6, 6.07) is 6.35. The molecule has 0 fully saturated rings. The highest BCUT2D eigenvalue weighted by Gasteiger charge is 2.13. The number of ether oxygens (including phenoxy) is 1. The van der Waals surface area contributed by atoms with Gasteiger partial charge in [0, 0.05) is 13.2 Å². The van der Waals surface area contributed by atoms with Crippen LogP contribution in [0.3, 0.4) is 0 Å². The molecule has 1 aromatic rings. The van der Waals surface area contributed by atoms with Crippen LogP contribution < -0.4 is 5.32 Å². The minimum atomic E-state index is -0.966. The van der Waals surface area contributed by atoms with Gasteiger partial charge in [0.05, 0.1) is 18.1 Å². The van der Waals surface area contributed by atoms with E-state index in [1.54, 1.807) is 12.1 Å². The lowest BCUT2D eigenvalue weighted by Gasteiger charge is -2.20. The Morgan fingerprint density at radius 3 is 2.36 bits per heavy atom. The normalized spacial score (nSPS) is 12.2. The molecule has 1 aromatic carbocycles. The zero-order chi connectivity index (χ0) is 16.5. The number of carboxylic acid groups (broad SMARTS) is 1.